The Hall–Kier alpha value is -1.93. The second-order valence-electron chi connectivity index (χ2n) is 5.53. The number of hydrogen-bond acceptors (Lipinski definition) is 5. The number of hydrogen-bond donors (Lipinski definition) is 1. The number of carbonyl (C=O) groups excluding carboxylic acids is 1. The highest BCUT2D eigenvalue weighted by Crippen LogP contribution is 2.23. The number of morpholine rings is 1. The van der Waals surface area contributed by atoms with Crippen LogP contribution in [-0.4, -0.2) is 45.4 Å². The van der Waals surface area contributed by atoms with Crippen molar-refractivity contribution in [2.75, 3.05) is 19.7 Å². The predicted octanol–water partition coefficient (Wildman–Crippen LogP) is 2.11. The topological polar surface area (TPSA) is 72.3 Å². The van der Waals surface area contributed by atoms with Gasteiger partial charge in [0.25, 0.3) is 0 Å². The first-order valence-electron chi connectivity index (χ1n) is 7.73. The summed E-state index contributed by atoms with van der Waals surface area (Å²) in [6, 6.07) is 4.06. The van der Waals surface area contributed by atoms with Gasteiger partial charge in [0.05, 0.1) is 19.2 Å². The van der Waals surface area contributed by atoms with Gasteiger partial charge in [-0.05, 0) is 17.9 Å². The van der Waals surface area contributed by atoms with Gasteiger partial charge in [-0.1, -0.05) is 13.0 Å². The summed E-state index contributed by atoms with van der Waals surface area (Å²) in [5.41, 5.74) is 0. The number of ether oxygens (including phenoxy) is 1. The highest BCUT2D eigenvalue weighted by Gasteiger charge is 2.29. The molecule has 0 radical (unpaired) electrons. The lowest BCUT2D eigenvalue weighted by Crippen LogP contribution is -2.48. The fourth-order valence-electron chi connectivity index (χ4n) is 2.68. The van der Waals surface area contributed by atoms with Crippen LogP contribution in [0.2, 0.25) is 0 Å². The maximum atomic E-state index is 12.6. The van der Waals surface area contributed by atoms with Crippen LogP contribution in [0.25, 0.3) is 0 Å². The summed E-state index contributed by atoms with van der Waals surface area (Å²) in [5, 5.41) is 13.1. The van der Waals surface area contributed by atoms with Crippen molar-refractivity contribution >= 4 is 17.4 Å². The third kappa shape index (κ3) is 3.53. The molecule has 3 heterocycles. The Morgan fingerprint density at radius 2 is 2.48 bits per heavy atom. The van der Waals surface area contributed by atoms with Crippen LogP contribution in [0.4, 0.5) is 4.79 Å². The average molecular weight is 335 g/mol. The summed E-state index contributed by atoms with van der Waals surface area (Å²) in [6.45, 7) is 3.65. The van der Waals surface area contributed by atoms with Crippen molar-refractivity contribution < 1.29 is 9.53 Å². The molecule has 124 valence electrons. The van der Waals surface area contributed by atoms with Crippen molar-refractivity contribution in [3.05, 3.63) is 34.5 Å². The zero-order valence-corrected chi connectivity index (χ0v) is 14.1. The van der Waals surface area contributed by atoms with E-state index < -0.39 is 0 Å². The summed E-state index contributed by atoms with van der Waals surface area (Å²) >= 11 is 1.67. The van der Waals surface area contributed by atoms with Gasteiger partial charge in [0, 0.05) is 18.5 Å². The van der Waals surface area contributed by atoms with E-state index in [9.17, 15) is 4.79 Å². The Morgan fingerprint density at radius 3 is 3.13 bits per heavy atom. The highest BCUT2D eigenvalue weighted by molar-refractivity contribution is 7.10. The fourth-order valence-corrected chi connectivity index (χ4v) is 3.54. The minimum Gasteiger partial charge on any atom is -0.366 e. The molecule has 0 aliphatic carbocycles. The molecule has 1 aliphatic heterocycles. The number of rotatable bonds is 4. The lowest BCUT2D eigenvalue weighted by atomic mass is 10.2. The molecule has 1 N–H and O–H groups in total. The number of aryl methyl sites for hydroxylation is 1. The molecular formula is C15H21N5O2S. The van der Waals surface area contributed by atoms with E-state index in [-0.39, 0.29) is 18.2 Å². The van der Waals surface area contributed by atoms with Crippen LogP contribution in [-0.2, 0) is 11.8 Å². The molecule has 1 saturated heterocycles. The molecule has 0 unspecified atom stereocenters. The monoisotopic (exact) mass is 335 g/mol. The Labute approximate surface area is 139 Å². The van der Waals surface area contributed by atoms with Gasteiger partial charge < -0.3 is 19.5 Å². The van der Waals surface area contributed by atoms with Crippen molar-refractivity contribution in [3.63, 3.8) is 0 Å². The highest BCUT2D eigenvalue weighted by atomic mass is 32.1. The molecule has 2 aromatic rings. The molecule has 7 nitrogen and oxygen atoms in total. The summed E-state index contributed by atoms with van der Waals surface area (Å²) in [5.74, 6) is 0.743. The van der Waals surface area contributed by atoms with Crippen LogP contribution in [0, 0.1) is 0 Å². The Morgan fingerprint density at radius 1 is 1.61 bits per heavy atom. The van der Waals surface area contributed by atoms with Crippen molar-refractivity contribution in [1.82, 2.24) is 25.0 Å². The molecular weight excluding hydrogens is 314 g/mol. The molecule has 8 heteroatoms. The molecule has 2 amide bonds. The van der Waals surface area contributed by atoms with Gasteiger partial charge in [0.1, 0.15) is 12.4 Å². The molecule has 0 spiro atoms. The largest absolute Gasteiger partial charge is 0.366 e. The van der Waals surface area contributed by atoms with E-state index in [1.165, 1.54) is 4.88 Å². The van der Waals surface area contributed by atoms with E-state index in [0.29, 0.717) is 19.7 Å². The first-order chi connectivity index (χ1) is 11.2. The Bertz CT molecular complexity index is 642. The van der Waals surface area contributed by atoms with Crippen LogP contribution in [0.5, 0.6) is 0 Å². The summed E-state index contributed by atoms with van der Waals surface area (Å²) in [7, 11) is 1.88. The zero-order chi connectivity index (χ0) is 16.2. The number of aromatic nitrogens is 3. The third-order valence-electron chi connectivity index (χ3n) is 3.98. The van der Waals surface area contributed by atoms with Crippen LogP contribution in [0.15, 0.2) is 23.8 Å². The molecule has 0 saturated carbocycles. The first kappa shape index (κ1) is 15.9. The van der Waals surface area contributed by atoms with E-state index >= 15 is 0 Å². The summed E-state index contributed by atoms with van der Waals surface area (Å²) in [4.78, 5) is 15.6. The van der Waals surface area contributed by atoms with E-state index in [2.05, 4.69) is 28.5 Å². The predicted molar refractivity (Wildman–Crippen MR) is 87.2 cm³/mol. The van der Waals surface area contributed by atoms with Crippen LogP contribution < -0.4 is 5.32 Å². The van der Waals surface area contributed by atoms with Crippen molar-refractivity contribution in [3.8, 4) is 0 Å². The molecule has 0 aromatic carbocycles. The van der Waals surface area contributed by atoms with Gasteiger partial charge in [-0.15, -0.1) is 21.5 Å². The minimum absolute atomic E-state index is 0.0543. The van der Waals surface area contributed by atoms with Crippen LogP contribution in [0.1, 0.15) is 36.2 Å². The van der Waals surface area contributed by atoms with Gasteiger partial charge in [-0.3, -0.25) is 0 Å². The SMILES string of the molecule is CC[C@@H](NC(=O)N1CCO[C@H](c2nncn2C)C1)c1cccs1. The molecule has 3 rings (SSSR count). The number of amides is 2. The third-order valence-corrected chi connectivity index (χ3v) is 4.97. The maximum Gasteiger partial charge on any atom is 0.318 e. The van der Waals surface area contributed by atoms with Crippen molar-refractivity contribution in [2.45, 2.75) is 25.5 Å². The van der Waals surface area contributed by atoms with Gasteiger partial charge in [-0.25, -0.2) is 4.79 Å². The van der Waals surface area contributed by atoms with E-state index in [4.69, 9.17) is 4.74 Å². The smallest absolute Gasteiger partial charge is 0.318 e. The number of carbonyl (C=O) groups is 1. The van der Waals surface area contributed by atoms with E-state index in [0.717, 1.165) is 12.2 Å². The molecule has 1 aliphatic rings. The maximum absolute atomic E-state index is 12.6. The van der Waals surface area contributed by atoms with E-state index in [1.807, 2.05) is 23.1 Å². The lowest BCUT2D eigenvalue weighted by molar-refractivity contribution is -0.0217. The number of thiophene rings is 1. The van der Waals surface area contributed by atoms with Crippen LogP contribution in [0.3, 0.4) is 0 Å². The summed E-state index contributed by atoms with van der Waals surface area (Å²) in [6.07, 6.45) is 2.27. The van der Waals surface area contributed by atoms with Gasteiger partial charge >= 0.3 is 6.03 Å². The van der Waals surface area contributed by atoms with Gasteiger partial charge in [-0.2, -0.15) is 0 Å². The van der Waals surface area contributed by atoms with Gasteiger partial charge in [0.2, 0.25) is 0 Å². The zero-order valence-electron chi connectivity index (χ0n) is 13.3. The molecule has 2 atom stereocenters. The molecule has 23 heavy (non-hydrogen) atoms. The fraction of sp³-hybridized carbons (Fsp3) is 0.533. The quantitative estimate of drug-likeness (QED) is 0.929. The number of nitrogens with zero attached hydrogens (tertiary/aromatic N) is 4. The first-order valence-corrected chi connectivity index (χ1v) is 8.61. The standard InChI is InChI=1S/C15H21N5O2S/c1-3-11(13-5-4-8-23-13)17-15(21)20-6-7-22-12(9-20)14-18-16-10-19(14)2/h4-5,8,10-12H,3,6-7,9H2,1-2H3,(H,17,21)/t11-,12+/m1/s1. The van der Waals surface area contributed by atoms with E-state index in [1.54, 1.807) is 22.6 Å². The normalized spacial score (nSPS) is 19.6. The average Bonchev–Trinajstić information content (AvgIpc) is 3.24. The molecule has 1 fully saturated rings. The van der Waals surface area contributed by atoms with Crippen LogP contribution >= 0.6 is 11.3 Å². The second-order valence-corrected chi connectivity index (χ2v) is 6.51. The number of nitrogens with one attached hydrogen (secondary N) is 1. The number of urea groups is 1. The second kappa shape index (κ2) is 7.10. The summed E-state index contributed by atoms with van der Waals surface area (Å²) < 4.78 is 7.57. The lowest BCUT2D eigenvalue weighted by Gasteiger charge is -2.33. The Kier molecular flexibility index (Phi) is 4.92. The molecule has 0 bridgehead atoms. The van der Waals surface area contributed by atoms with Crippen molar-refractivity contribution in [2.24, 2.45) is 7.05 Å². The van der Waals surface area contributed by atoms with Crippen molar-refractivity contribution in [1.29, 1.82) is 0 Å². The Balaban J connectivity index is 1.64. The minimum atomic E-state index is -0.233. The molecule has 2 aromatic heterocycles. The van der Waals surface area contributed by atoms with Gasteiger partial charge in [0.15, 0.2) is 5.82 Å².